The van der Waals surface area contributed by atoms with Crippen molar-refractivity contribution in [3.63, 3.8) is 0 Å². The van der Waals surface area contributed by atoms with Crippen LogP contribution in [-0.2, 0) is 0 Å². The predicted molar refractivity (Wildman–Crippen MR) is 95.6 cm³/mol. The van der Waals surface area contributed by atoms with Crippen LogP contribution in [0.4, 0.5) is 0 Å². The van der Waals surface area contributed by atoms with Crippen molar-refractivity contribution in [2.75, 3.05) is 0 Å². The van der Waals surface area contributed by atoms with Crippen molar-refractivity contribution in [3.05, 3.63) is 88.9 Å². The first kappa shape index (κ1) is 14.1. The van der Waals surface area contributed by atoms with E-state index in [0.29, 0.717) is 5.70 Å². The molecule has 0 aromatic heterocycles. The molecule has 0 saturated carbocycles. The molecule has 0 atom stereocenters. The van der Waals surface area contributed by atoms with Crippen LogP contribution in [-0.4, -0.2) is 0 Å². The maximum Gasteiger partial charge on any atom is 0.162 e. The lowest BCUT2D eigenvalue weighted by Crippen LogP contribution is -1.87. The highest BCUT2D eigenvalue weighted by molar-refractivity contribution is 6.09. The molecule has 0 bridgehead atoms. The van der Waals surface area contributed by atoms with Crippen molar-refractivity contribution in [1.82, 2.24) is 0 Å². The predicted octanol–water partition coefficient (Wildman–Crippen LogP) is 6.14. The number of benzene rings is 3. The molecule has 0 radical (unpaired) electrons. The molecule has 0 N–H and O–H groups in total. The number of aryl methyl sites for hydroxylation is 1. The van der Waals surface area contributed by atoms with Gasteiger partial charge in [0.2, 0.25) is 0 Å². The molecular formula is C21H17N. The van der Waals surface area contributed by atoms with Gasteiger partial charge >= 0.3 is 0 Å². The van der Waals surface area contributed by atoms with Gasteiger partial charge in [-0.25, -0.2) is 4.85 Å². The summed E-state index contributed by atoms with van der Waals surface area (Å²) in [6.07, 6.45) is 5.94. The van der Waals surface area contributed by atoms with Crippen LogP contribution in [0.5, 0.6) is 0 Å². The minimum atomic E-state index is 0.692. The zero-order valence-corrected chi connectivity index (χ0v) is 12.8. The molecule has 0 aliphatic heterocycles. The van der Waals surface area contributed by atoms with Crippen LogP contribution in [0.3, 0.4) is 0 Å². The number of fused-ring (bicyclic) bond motifs is 2. The molecule has 0 aliphatic rings. The normalized spacial score (nSPS) is 12.1. The molecule has 0 heterocycles. The van der Waals surface area contributed by atoms with E-state index in [0.717, 1.165) is 0 Å². The molecule has 0 unspecified atom stereocenters. The van der Waals surface area contributed by atoms with Gasteiger partial charge in [0.15, 0.2) is 5.70 Å². The molecule has 0 saturated heterocycles. The standard InChI is InChI=1S/C21H17N/c1-15(22-3)9-8-14-21-19-12-6-4-10-17(19)16(2)18-11-5-7-13-20(18)21/h4-14H,1-2H3/b14-8+,15-9-. The first-order chi connectivity index (χ1) is 10.7. The third-order valence-electron chi connectivity index (χ3n) is 4.02. The number of hydrogen-bond acceptors (Lipinski definition) is 0. The second-order valence-electron chi connectivity index (χ2n) is 5.41. The molecular weight excluding hydrogens is 266 g/mol. The Morgan fingerprint density at radius 1 is 0.909 bits per heavy atom. The Hall–Kier alpha value is -2.85. The van der Waals surface area contributed by atoms with Gasteiger partial charge in [0, 0.05) is 0 Å². The van der Waals surface area contributed by atoms with Crippen molar-refractivity contribution < 1.29 is 0 Å². The summed E-state index contributed by atoms with van der Waals surface area (Å²) in [4.78, 5) is 3.42. The number of allylic oxidation sites excluding steroid dienone is 3. The Morgan fingerprint density at radius 3 is 1.91 bits per heavy atom. The number of hydrogen-bond donors (Lipinski definition) is 0. The van der Waals surface area contributed by atoms with Gasteiger partial charge in [-0.2, -0.15) is 0 Å². The first-order valence-electron chi connectivity index (χ1n) is 7.35. The zero-order chi connectivity index (χ0) is 15.5. The molecule has 1 heteroatoms. The summed E-state index contributed by atoms with van der Waals surface area (Å²) < 4.78 is 0. The van der Waals surface area contributed by atoms with E-state index in [2.05, 4.69) is 66.4 Å². The fourth-order valence-electron chi connectivity index (χ4n) is 2.88. The summed E-state index contributed by atoms with van der Waals surface area (Å²) in [5, 5.41) is 5.08. The summed E-state index contributed by atoms with van der Waals surface area (Å²) in [5.74, 6) is 0. The molecule has 22 heavy (non-hydrogen) atoms. The van der Waals surface area contributed by atoms with Gasteiger partial charge in [0.25, 0.3) is 0 Å². The van der Waals surface area contributed by atoms with Crippen LogP contribution < -0.4 is 0 Å². The van der Waals surface area contributed by atoms with E-state index in [1.165, 1.54) is 32.7 Å². The summed E-state index contributed by atoms with van der Waals surface area (Å²) in [7, 11) is 0. The van der Waals surface area contributed by atoms with Crippen LogP contribution in [0.25, 0.3) is 32.5 Å². The van der Waals surface area contributed by atoms with E-state index in [1.54, 1.807) is 0 Å². The summed E-state index contributed by atoms with van der Waals surface area (Å²) in [5.41, 5.74) is 3.22. The van der Waals surface area contributed by atoms with Crippen LogP contribution in [0.2, 0.25) is 0 Å². The van der Waals surface area contributed by atoms with E-state index in [4.69, 9.17) is 6.57 Å². The second-order valence-corrected chi connectivity index (χ2v) is 5.41. The second kappa shape index (κ2) is 5.87. The highest BCUT2D eigenvalue weighted by Crippen LogP contribution is 2.33. The van der Waals surface area contributed by atoms with Gasteiger partial charge < -0.3 is 0 Å². The Morgan fingerprint density at radius 2 is 1.41 bits per heavy atom. The Kier molecular flexibility index (Phi) is 3.76. The Balaban J connectivity index is 2.35. The highest BCUT2D eigenvalue weighted by Gasteiger charge is 2.08. The maximum atomic E-state index is 7.00. The molecule has 3 aromatic carbocycles. The van der Waals surface area contributed by atoms with E-state index in [1.807, 2.05) is 19.1 Å². The van der Waals surface area contributed by atoms with E-state index in [-0.39, 0.29) is 0 Å². The van der Waals surface area contributed by atoms with Crippen molar-refractivity contribution in [1.29, 1.82) is 0 Å². The molecule has 3 rings (SSSR count). The topological polar surface area (TPSA) is 4.36 Å². The SMILES string of the molecule is [C-]#[N+]/C(C)=C\C=C\c1c2ccccc2c(C)c2ccccc12. The molecule has 3 aromatic rings. The van der Waals surface area contributed by atoms with Crippen molar-refractivity contribution in [2.45, 2.75) is 13.8 Å². The average Bonchev–Trinajstić information content (AvgIpc) is 2.57. The first-order valence-corrected chi connectivity index (χ1v) is 7.35. The zero-order valence-electron chi connectivity index (χ0n) is 12.8. The molecule has 0 spiro atoms. The smallest absolute Gasteiger partial charge is 0.162 e. The Labute approximate surface area is 131 Å². The fraction of sp³-hybridized carbons (Fsp3) is 0.0952. The van der Waals surface area contributed by atoms with Crippen LogP contribution in [0, 0.1) is 13.5 Å². The van der Waals surface area contributed by atoms with E-state index < -0.39 is 0 Å². The minimum Gasteiger partial charge on any atom is -0.243 e. The van der Waals surface area contributed by atoms with E-state index >= 15 is 0 Å². The lowest BCUT2D eigenvalue weighted by Gasteiger charge is -2.12. The molecule has 106 valence electrons. The van der Waals surface area contributed by atoms with Gasteiger partial charge in [-0.1, -0.05) is 66.8 Å². The van der Waals surface area contributed by atoms with Crippen molar-refractivity contribution in [2.24, 2.45) is 0 Å². The van der Waals surface area contributed by atoms with Gasteiger partial charge in [-0.3, -0.25) is 0 Å². The summed E-state index contributed by atoms with van der Waals surface area (Å²) >= 11 is 0. The lowest BCUT2D eigenvalue weighted by atomic mass is 9.92. The van der Waals surface area contributed by atoms with Crippen molar-refractivity contribution >= 4 is 27.6 Å². The van der Waals surface area contributed by atoms with Gasteiger partial charge in [-0.05, 0) is 46.5 Å². The summed E-state index contributed by atoms with van der Waals surface area (Å²) in [6, 6.07) is 17.0. The van der Waals surface area contributed by atoms with Crippen LogP contribution in [0.15, 0.2) is 66.4 Å². The fourth-order valence-corrected chi connectivity index (χ4v) is 2.88. The van der Waals surface area contributed by atoms with Crippen LogP contribution in [0.1, 0.15) is 18.1 Å². The quantitative estimate of drug-likeness (QED) is 0.302. The molecule has 1 nitrogen and oxygen atoms in total. The van der Waals surface area contributed by atoms with Gasteiger partial charge in [0.1, 0.15) is 0 Å². The number of nitrogens with zero attached hydrogens (tertiary/aromatic N) is 1. The minimum absolute atomic E-state index is 0.692. The lowest BCUT2D eigenvalue weighted by molar-refractivity contribution is 1.53. The molecule has 0 amide bonds. The largest absolute Gasteiger partial charge is 0.243 e. The average molecular weight is 283 g/mol. The summed E-state index contributed by atoms with van der Waals surface area (Å²) in [6.45, 7) is 11.0. The maximum absolute atomic E-state index is 7.00. The molecule has 0 fully saturated rings. The molecule has 0 aliphatic carbocycles. The third kappa shape index (κ3) is 2.40. The highest BCUT2D eigenvalue weighted by atomic mass is 14.6. The van der Waals surface area contributed by atoms with Crippen molar-refractivity contribution in [3.8, 4) is 0 Å². The third-order valence-corrected chi connectivity index (χ3v) is 4.02. The van der Waals surface area contributed by atoms with Gasteiger partial charge in [-0.15, -0.1) is 0 Å². The van der Waals surface area contributed by atoms with E-state index in [9.17, 15) is 0 Å². The monoisotopic (exact) mass is 283 g/mol. The Bertz CT molecular complexity index is 896. The number of rotatable bonds is 2. The van der Waals surface area contributed by atoms with Gasteiger partial charge in [0.05, 0.1) is 6.57 Å². The van der Waals surface area contributed by atoms with Crippen LogP contribution >= 0.6 is 0 Å².